The summed E-state index contributed by atoms with van der Waals surface area (Å²) in [7, 11) is 1.40. The van der Waals surface area contributed by atoms with Crippen molar-refractivity contribution < 1.29 is 33.6 Å². The highest BCUT2D eigenvalue weighted by Gasteiger charge is 2.42. The summed E-state index contributed by atoms with van der Waals surface area (Å²) in [5.41, 5.74) is 0.208. The fraction of sp³-hybridized carbons (Fsp3) is 0.853. The number of carbonyl (C=O) groups is 1. The van der Waals surface area contributed by atoms with Gasteiger partial charge in [-0.15, -0.1) is 0 Å². The zero-order chi connectivity index (χ0) is 28.9. The van der Waals surface area contributed by atoms with Gasteiger partial charge in [0, 0.05) is 18.6 Å². The minimum atomic E-state index is -0.614. The molecule has 3 unspecified atom stereocenters. The van der Waals surface area contributed by atoms with Crippen molar-refractivity contribution in [1.82, 2.24) is 0 Å². The number of rotatable bonds is 15. The maximum absolute atomic E-state index is 12.3. The molecule has 2 saturated heterocycles. The summed E-state index contributed by atoms with van der Waals surface area (Å²) in [4.78, 5) is 12.3. The van der Waals surface area contributed by atoms with Gasteiger partial charge in [0.2, 0.25) is 0 Å². The SMILES string of the molecule is CCCC1([C@H](C=C[C@H]2CC[C@H](O)[C@@H]2CC=CCCC(OC2CCCCO2)C(=O)OC)OC2CCCCO2)CCCC1. The molecule has 2 saturated carbocycles. The summed E-state index contributed by atoms with van der Waals surface area (Å²) in [6.07, 6.45) is 25.3. The highest BCUT2D eigenvalue weighted by atomic mass is 16.7. The van der Waals surface area contributed by atoms with E-state index >= 15 is 0 Å². The third-order valence-corrected chi connectivity index (χ3v) is 9.85. The second kappa shape index (κ2) is 17.1. The monoisotopic (exact) mass is 576 g/mol. The molecular formula is C34H56O7. The third-order valence-electron chi connectivity index (χ3n) is 9.85. The highest BCUT2D eigenvalue weighted by molar-refractivity contribution is 5.74. The zero-order valence-corrected chi connectivity index (χ0v) is 25.7. The molecule has 4 aliphatic rings. The zero-order valence-electron chi connectivity index (χ0n) is 25.7. The van der Waals surface area contributed by atoms with Crippen LogP contribution >= 0.6 is 0 Å². The molecule has 0 aromatic heterocycles. The van der Waals surface area contributed by atoms with Crippen LogP contribution in [0.3, 0.4) is 0 Å². The van der Waals surface area contributed by atoms with Gasteiger partial charge in [0.15, 0.2) is 18.7 Å². The quantitative estimate of drug-likeness (QED) is 0.166. The van der Waals surface area contributed by atoms with E-state index in [1.165, 1.54) is 52.1 Å². The molecule has 7 nitrogen and oxygen atoms in total. The molecule has 234 valence electrons. The molecule has 0 radical (unpaired) electrons. The summed E-state index contributed by atoms with van der Waals surface area (Å²) < 4.78 is 29.3. The lowest BCUT2D eigenvalue weighted by Crippen LogP contribution is -2.38. The van der Waals surface area contributed by atoms with Gasteiger partial charge in [0.1, 0.15) is 0 Å². The number of methoxy groups -OCH3 is 1. The Labute approximate surface area is 248 Å². The predicted octanol–water partition coefficient (Wildman–Crippen LogP) is 7.01. The smallest absolute Gasteiger partial charge is 0.335 e. The van der Waals surface area contributed by atoms with Crippen LogP contribution in [0.2, 0.25) is 0 Å². The molecule has 2 heterocycles. The van der Waals surface area contributed by atoms with Gasteiger partial charge in [-0.3, -0.25) is 0 Å². The van der Waals surface area contributed by atoms with Gasteiger partial charge < -0.3 is 28.8 Å². The number of aliphatic hydroxyl groups excluding tert-OH is 1. The van der Waals surface area contributed by atoms with Crippen LogP contribution in [0.25, 0.3) is 0 Å². The Morgan fingerprint density at radius 1 is 0.951 bits per heavy atom. The number of carbonyl (C=O) groups excluding carboxylic acids is 1. The number of hydrogen-bond donors (Lipinski definition) is 1. The number of hydrogen-bond acceptors (Lipinski definition) is 7. The molecular weight excluding hydrogens is 520 g/mol. The van der Waals surface area contributed by atoms with E-state index in [-0.39, 0.29) is 42.1 Å². The van der Waals surface area contributed by atoms with Crippen LogP contribution in [0.15, 0.2) is 24.3 Å². The van der Waals surface area contributed by atoms with Crippen LogP contribution in [0.1, 0.15) is 116 Å². The Morgan fingerprint density at radius 3 is 2.29 bits per heavy atom. The maximum atomic E-state index is 12.3. The second-order valence-electron chi connectivity index (χ2n) is 12.8. The van der Waals surface area contributed by atoms with Crippen molar-refractivity contribution in [3.8, 4) is 0 Å². The molecule has 7 atom stereocenters. The van der Waals surface area contributed by atoms with Crippen molar-refractivity contribution >= 4 is 5.97 Å². The first-order valence-electron chi connectivity index (χ1n) is 16.7. The first-order chi connectivity index (χ1) is 20.0. The maximum Gasteiger partial charge on any atom is 0.335 e. The van der Waals surface area contributed by atoms with E-state index in [0.29, 0.717) is 25.4 Å². The van der Waals surface area contributed by atoms with Crippen molar-refractivity contribution in [2.45, 2.75) is 147 Å². The molecule has 0 aromatic rings. The Kier molecular flexibility index (Phi) is 13.7. The first-order valence-corrected chi connectivity index (χ1v) is 16.7. The van der Waals surface area contributed by atoms with Crippen molar-refractivity contribution in [2.24, 2.45) is 17.3 Å². The summed E-state index contributed by atoms with van der Waals surface area (Å²) in [6.45, 7) is 3.77. The van der Waals surface area contributed by atoms with Crippen molar-refractivity contribution in [1.29, 1.82) is 0 Å². The minimum Gasteiger partial charge on any atom is -0.467 e. The fourth-order valence-corrected chi connectivity index (χ4v) is 7.51. The van der Waals surface area contributed by atoms with Crippen LogP contribution in [0.4, 0.5) is 0 Å². The Balaban J connectivity index is 1.33. The minimum absolute atomic E-state index is 0.0744. The lowest BCUT2D eigenvalue weighted by Gasteiger charge is -2.39. The van der Waals surface area contributed by atoms with Crippen molar-refractivity contribution in [2.75, 3.05) is 20.3 Å². The number of allylic oxidation sites excluding steroid dienone is 3. The number of aliphatic hydroxyl groups is 1. The molecule has 4 fully saturated rings. The fourth-order valence-electron chi connectivity index (χ4n) is 7.51. The van der Waals surface area contributed by atoms with Gasteiger partial charge in [-0.05, 0) is 102 Å². The molecule has 2 aliphatic heterocycles. The van der Waals surface area contributed by atoms with Crippen molar-refractivity contribution in [3.05, 3.63) is 24.3 Å². The van der Waals surface area contributed by atoms with E-state index in [9.17, 15) is 9.90 Å². The standard InChI is InChI=1S/C34H56O7/c1-3-21-34(22-9-10-23-34)30(41-32-16-8-12-25-39-32)20-18-26-17-19-28(35)27(26)13-5-4-6-14-29(33(36)37-2)40-31-15-7-11-24-38-31/h4-5,18,20,26-32,35H,3,6-17,19,21-25H2,1-2H3/t26-,27-,28+,29?,30+,31?,32?/m1/s1. The summed E-state index contributed by atoms with van der Waals surface area (Å²) >= 11 is 0. The number of esters is 1. The van der Waals surface area contributed by atoms with Crippen LogP contribution in [-0.2, 0) is 28.5 Å². The summed E-state index contributed by atoms with van der Waals surface area (Å²) in [5, 5.41) is 10.8. The van der Waals surface area contributed by atoms with Gasteiger partial charge in [-0.25, -0.2) is 4.79 Å². The molecule has 0 spiro atoms. The van der Waals surface area contributed by atoms with E-state index in [4.69, 9.17) is 23.7 Å². The molecule has 7 heteroatoms. The average molecular weight is 577 g/mol. The Morgan fingerprint density at radius 2 is 1.66 bits per heavy atom. The van der Waals surface area contributed by atoms with E-state index in [1.54, 1.807) is 0 Å². The molecule has 0 bridgehead atoms. The summed E-state index contributed by atoms with van der Waals surface area (Å²) in [5.74, 6) is 0.188. The van der Waals surface area contributed by atoms with Crippen LogP contribution < -0.4 is 0 Å². The Bertz CT molecular complexity index is 808. The van der Waals surface area contributed by atoms with E-state index in [1.807, 2.05) is 0 Å². The van der Waals surface area contributed by atoms with Gasteiger partial charge >= 0.3 is 5.97 Å². The average Bonchev–Trinajstić information content (AvgIpc) is 3.62. The van der Waals surface area contributed by atoms with E-state index in [2.05, 4.69) is 31.2 Å². The number of ether oxygens (including phenoxy) is 5. The van der Waals surface area contributed by atoms with Gasteiger partial charge in [-0.2, -0.15) is 0 Å². The van der Waals surface area contributed by atoms with Crippen LogP contribution in [0, 0.1) is 17.3 Å². The lowest BCUT2D eigenvalue weighted by atomic mass is 9.75. The topological polar surface area (TPSA) is 83.5 Å². The summed E-state index contributed by atoms with van der Waals surface area (Å²) in [6, 6.07) is 0. The van der Waals surface area contributed by atoms with Crippen LogP contribution in [0.5, 0.6) is 0 Å². The highest BCUT2D eigenvalue weighted by Crippen LogP contribution is 2.47. The molecule has 41 heavy (non-hydrogen) atoms. The molecule has 0 aromatic carbocycles. The van der Waals surface area contributed by atoms with Gasteiger partial charge in [0.05, 0.1) is 19.3 Å². The Hall–Kier alpha value is -1.25. The van der Waals surface area contributed by atoms with Crippen molar-refractivity contribution in [3.63, 3.8) is 0 Å². The lowest BCUT2D eigenvalue weighted by molar-refractivity contribution is -0.203. The molecule has 4 rings (SSSR count). The third kappa shape index (κ3) is 9.62. The predicted molar refractivity (Wildman–Crippen MR) is 159 cm³/mol. The van der Waals surface area contributed by atoms with Gasteiger partial charge in [-0.1, -0.05) is 50.5 Å². The second-order valence-corrected chi connectivity index (χ2v) is 12.8. The first kappa shape index (κ1) is 32.7. The van der Waals surface area contributed by atoms with Gasteiger partial charge in [0.25, 0.3) is 0 Å². The normalized spacial score (nSPS) is 32.0. The van der Waals surface area contributed by atoms with E-state index < -0.39 is 6.10 Å². The van der Waals surface area contributed by atoms with Crippen LogP contribution in [-0.4, -0.2) is 62.3 Å². The largest absolute Gasteiger partial charge is 0.467 e. The van der Waals surface area contributed by atoms with E-state index in [0.717, 1.165) is 58.0 Å². The molecule has 1 N–H and O–H groups in total. The molecule has 0 amide bonds. The molecule has 2 aliphatic carbocycles.